The third-order valence-corrected chi connectivity index (χ3v) is 4.08. The molecule has 1 aromatic carbocycles. The highest BCUT2D eigenvalue weighted by atomic mass is 16.5. The summed E-state index contributed by atoms with van der Waals surface area (Å²) in [4.78, 5) is 20.7. The van der Waals surface area contributed by atoms with Crippen LogP contribution in [0.15, 0.2) is 42.6 Å². The number of rotatable bonds is 4. The van der Waals surface area contributed by atoms with Crippen LogP contribution in [0.1, 0.15) is 0 Å². The van der Waals surface area contributed by atoms with Gasteiger partial charge in [-0.25, -0.2) is 9.78 Å². The lowest BCUT2D eigenvalue weighted by Crippen LogP contribution is -2.48. The fourth-order valence-electron chi connectivity index (χ4n) is 2.53. The zero-order valence-electron chi connectivity index (χ0n) is 14.4. The predicted molar refractivity (Wildman–Crippen MR) is 95.4 cm³/mol. The first-order valence-corrected chi connectivity index (χ1v) is 8.17. The van der Waals surface area contributed by atoms with Crippen LogP contribution in [0.2, 0.25) is 0 Å². The molecule has 25 heavy (non-hydrogen) atoms. The molecule has 7 nitrogen and oxygen atoms in total. The van der Waals surface area contributed by atoms with Gasteiger partial charge in [0.2, 0.25) is 5.88 Å². The lowest BCUT2D eigenvalue weighted by Gasteiger charge is -2.32. The number of nitrogens with zero attached hydrogens (tertiary/aromatic N) is 3. The smallest absolute Gasteiger partial charge is 0.322 e. The van der Waals surface area contributed by atoms with E-state index in [4.69, 9.17) is 9.47 Å². The summed E-state index contributed by atoms with van der Waals surface area (Å²) in [6, 6.07) is 10.6. The molecule has 2 amide bonds. The number of urea groups is 1. The molecule has 1 aliphatic rings. The van der Waals surface area contributed by atoms with E-state index < -0.39 is 0 Å². The van der Waals surface area contributed by atoms with Crippen molar-refractivity contribution in [3.63, 3.8) is 0 Å². The van der Waals surface area contributed by atoms with Crippen molar-refractivity contribution in [2.24, 2.45) is 0 Å². The monoisotopic (exact) mass is 342 g/mol. The third kappa shape index (κ3) is 4.39. The number of hydrogen-bond donors (Lipinski definition) is 1. The van der Waals surface area contributed by atoms with Crippen molar-refractivity contribution >= 4 is 11.7 Å². The Kier molecular flexibility index (Phi) is 5.35. The molecule has 0 aliphatic carbocycles. The highest BCUT2D eigenvalue weighted by Crippen LogP contribution is 2.28. The lowest BCUT2D eigenvalue weighted by atomic mass is 10.3. The minimum absolute atomic E-state index is 0.138. The first kappa shape index (κ1) is 17.0. The van der Waals surface area contributed by atoms with E-state index in [2.05, 4.69) is 22.2 Å². The van der Waals surface area contributed by atoms with E-state index in [0.717, 1.165) is 18.8 Å². The summed E-state index contributed by atoms with van der Waals surface area (Å²) in [6.07, 6.45) is 1.63. The van der Waals surface area contributed by atoms with E-state index in [1.807, 2.05) is 0 Å². The number of piperazine rings is 1. The summed E-state index contributed by atoms with van der Waals surface area (Å²) in [5.74, 6) is 1.72. The van der Waals surface area contributed by atoms with Gasteiger partial charge in [-0.3, -0.25) is 0 Å². The van der Waals surface area contributed by atoms with Crippen LogP contribution >= 0.6 is 0 Å². The third-order valence-electron chi connectivity index (χ3n) is 4.08. The molecule has 132 valence electrons. The molecule has 1 aromatic heterocycles. The van der Waals surface area contributed by atoms with Gasteiger partial charge in [0.1, 0.15) is 17.2 Å². The van der Waals surface area contributed by atoms with Gasteiger partial charge in [0.15, 0.2) is 0 Å². The Hall–Kier alpha value is -2.80. The van der Waals surface area contributed by atoms with Gasteiger partial charge >= 0.3 is 6.03 Å². The van der Waals surface area contributed by atoms with E-state index >= 15 is 0 Å². The molecule has 1 aliphatic heterocycles. The molecule has 1 fully saturated rings. The number of methoxy groups -OCH3 is 1. The standard InChI is InChI=1S/C18H22N4O3/c1-21-10-12-22(13-11-21)18(23)20-16-4-3-9-19-17(16)25-15-7-5-14(24-2)6-8-15/h3-9H,10-13H2,1-2H3,(H,20,23). The fraction of sp³-hybridized carbons (Fsp3) is 0.333. The highest BCUT2D eigenvalue weighted by molar-refractivity contribution is 5.90. The molecule has 2 aromatic rings. The Morgan fingerprint density at radius 2 is 1.76 bits per heavy atom. The second-order valence-electron chi connectivity index (χ2n) is 5.85. The van der Waals surface area contributed by atoms with Gasteiger partial charge in [-0.05, 0) is 43.4 Å². The molecule has 3 rings (SSSR count). The Balaban J connectivity index is 1.68. The van der Waals surface area contributed by atoms with Crippen molar-refractivity contribution in [2.75, 3.05) is 45.7 Å². The first-order chi connectivity index (χ1) is 12.2. The van der Waals surface area contributed by atoms with Crippen LogP contribution in [0.4, 0.5) is 10.5 Å². The normalized spacial score (nSPS) is 14.9. The molecule has 0 radical (unpaired) electrons. The van der Waals surface area contributed by atoms with Crippen molar-refractivity contribution in [3.05, 3.63) is 42.6 Å². The maximum absolute atomic E-state index is 12.5. The molecule has 0 unspecified atom stereocenters. The average Bonchev–Trinajstić information content (AvgIpc) is 2.64. The van der Waals surface area contributed by atoms with Crippen molar-refractivity contribution in [2.45, 2.75) is 0 Å². The number of likely N-dealkylation sites (N-methyl/N-ethyl adjacent to an activating group) is 1. The second-order valence-corrected chi connectivity index (χ2v) is 5.85. The lowest BCUT2D eigenvalue weighted by molar-refractivity contribution is 0.164. The summed E-state index contributed by atoms with van der Waals surface area (Å²) in [6.45, 7) is 3.15. The Bertz CT molecular complexity index is 713. The number of carbonyl (C=O) groups excluding carboxylic acids is 1. The van der Waals surface area contributed by atoms with Crippen LogP contribution < -0.4 is 14.8 Å². The van der Waals surface area contributed by atoms with Gasteiger partial charge in [-0.2, -0.15) is 0 Å². The summed E-state index contributed by atoms with van der Waals surface area (Å²) >= 11 is 0. The molecular formula is C18H22N4O3. The number of ether oxygens (including phenoxy) is 2. The molecular weight excluding hydrogens is 320 g/mol. The Labute approximate surface area is 147 Å². The second kappa shape index (κ2) is 7.85. The van der Waals surface area contributed by atoms with E-state index in [0.29, 0.717) is 30.4 Å². The minimum Gasteiger partial charge on any atom is -0.497 e. The number of aromatic nitrogens is 1. The molecule has 0 spiro atoms. The van der Waals surface area contributed by atoms with Crippen LogP contribution in [-0.4, -0.2) is 61.2 Å². The maximum Gasteiger partial charge on any atom is 0.322 e. The van der Waals surface area contributed by atoms with Gasteiger partial charge in [-0.1, -0.05) is 0 Å². The predicted octanol–water partition coefficient (Wildman–Crippen LogP) is 2.66. The number of anilines is 1. The zero-order chi connectivity index (χ0) is 17.6. The SMILES string of the molecule is COc1ccc(Oc2ncccc2NC(=O)N2CCN(C)CC2)cc1. The summed E-state index contributed by atoms with van der Waals surface area (Å²) in [7, 11) is 3.66. The average molecular weight is 342 g/mol. The Morgan fingerprint density at radius 3 is 2.44 bits per heavy atom. The van der Waals surface area contributed by atoms with Gasteiger partial charge in [0.05, 0.1) is 7.11 Å². The highest BCUT2D eigenvalue weighted by Gasteiger charge is 2.20. The van der Waals surface area contributed by atoms with Gasteiger partial charge in [-0.15, -0.1) is 0 Å². The van der Waals surface area contributed by atoms with Crippen molar-refractivity contribution < 1.29 is 14.3 Å². The molecule has 0 bridgehead atoms. The van der Waals surface area contributed by atoms with Crippen molar-refractivity contribution in [3.8, 4) is 17.4 Å². The number of carbonyl (C=O) groups is 1. The molecule has 7 heteroatoms. The minimum atomic E-state index is -0.138. The van der Waals surface area contributed by atoms with Crippen LogP contribution in [0.25, 0.3) is 0 Å². The largest absolute Gasteiger partial charge is 0.497 e. The van der Waals surface area contributed by atoms with Crippen LogP contribution in [-0.2, 0) is 0 Å². The summed E-state index contributed by atoms with van der Waals surface area (Å²) < 4.78 is 10.9. The Morgan fingerprint density at radius 1 is 1.08 bits per heavy atom. The quantitative estimate of drug-likeness (QED) is 0.925. The van der Waals surface area contributed by atoms with Crippen LogP contribution in [0.3, 0.4) is 0 Å². The van der Waals surface area contributed by atoms with E-state index in [1.54, 1.807) is 54.6 Å². The zero-order valence-corrected chi connectivity index (χ0v) is 14.4. The molecule has 2 heterocycles. The topological polar surface area (TPSA) is 66.9 Å². The molecule has 1 saturated heterocycles. The number of pyridine rings is 1. The van der Waals surface area contributed by atoms with Crippen LogP contribution in [0, 0.1) is 0 Å². The molecule has 1 N–H and O–H groups in total. The van der Waals surface area contributed by atoms with Gasteiger partial charge in [0, 0.05) is 32.4 Å². The van der Waals surface area contributed by atoms with E-state index in [-0.39, 0.29) is 6.03 Å². The molecule has 0 atom stereocenters. The van der Waals surface area contributed by atoms with E-state index in [1.165, 1.54) is 0 Å². The van der Waals surface area contributed by atoms with Crippen molar-refractivity contribution in [1.29, 1.82) is 0 Å². The van der Waals surface area contributed by atoms with Crippen LogP contribution in [0.5, 0.6) is 17.4 Å². The van der Waals surface area contributed by atoms with E-state index in [9.17, 15) is 4.79 Å². The summed E-state index contributed by atoms with van der Waals surface area (Å²) in [5.41, 5.74) is 0.544. The number of nitrogens with one attached hydrogen (secondary N) is 1. The molecule has 0 saturated carbocycles. The van der Waals surface area contributed by atoms with Gasteiger partial charge in [0.25, 0.3) is 0 Å². The number of amides is 2. The fourth-order valence-corrected chi connectivity index (χ4v) is 2.53. The maximum atomic E-state index is 12.5. The summed E-state index contributed by atoms with van der Waals surface area (Å²) in [5, 5.41) is 2.89. The first-order valence-electron chi connectivity index (χ1n) is 8.17. The number of hydrogen-bond acceptors (Lipinski definition) is 5. The van der Waals surface area contributed by atoms with Gasteiger partial charge < -0.3 is 24.6 Å². The number of benzene rings is 1. The van der Waals surface area contributed by atoms with Crippen molar-refractivity contribution in [1.82, 2.24) is 14.8 Å².